The molecule has 2 rings (SSSR count). The second-order valence-electron chi connectivity index (χ2n) is 6.23. The lowest BCUT2D eigenvalue weighted by Crippen LogP contribution is -2.43. The molecule has 5 nitrogen and oxygen atoms in total. The van der Waals surface area contributed by atoms with E-state index in [0.29, 0.717) is 12.6 Å². The minimum Gasteiger partial charge on any atom is -0.379 e. The molecule has 1 heterocycles. The SMILES string of the molecule is CCNC(=NCC(c1ccc(Cl)cc1)N1CCOCC1)NC(C)C. The highest BCUT2D eigenvalue weighted by Gasteiger charge is 2.22. The Kier molecular flexibility index (Phi) is 7.82. The fourth-order valence-corrected chi connectivity index (χ4v) is 2.90. The summed E-state index contributed by atoms with van der Waals surface area (Å²) in [5.74, 6) is 0.861. The van der Waals surface area contributed by atoms with Crippen LogP contribution >= 0.6 is 11.6 Å². The van der Waals surface area contributed by atoms with E-state index in [9.17, 15) is 0 Å². The predicted molar refractivity (Wildman–Crippen MR) is 101 cm³/mol. The zero-order valence-corrected chi connectivity index (χ0v) is 15.6. The summed E-state index contributed by atoms with van der Waals surface area (Å²) in [6.07, 6.45) is 0. The minimum atomic E-state index is 0.230. The number of rotatable bonds is 6. The van der Waals surface area contributed by atoms with Crippen LogP contribution in [0.5, 0.6) is 0 Å². The first-order chi connectivity index (χ1) is 11.6. The summed E-state index contributed by atoms with van der Waals surface area (Å²) < 4.78 is 5.50. The highest BCUT2D eigenvalue weighted by molar-refractivity contribution is 6.30. The zero-order chi connectivity index (χ0) is 17.4. The third-order valence-electron chi connectivity index (χ3n) is 3.93. The maximum absolute atomic E-state index is 6.05. The maximum Gasteiger partial charge on any atom is 0.191 e. The lowest BCUT2D eigenvalue weighted by molar-refractivity contribution is 0.0179. The molecule has 1 aliphatic heterocycles. The summed E-state index contributed by atoms with van der Waals surface area (Å²) in [6, 6.07) is 8.67. The van der Waals surface area contributed by atoms with Crippen LogP contribution in [0.4, 0.5) is 0 Å². The Morgan fingerprint density at radius 2 is 1.92 bits per heavy atom. The van der Waals surface area contributed by atoms with Crippen molar-refractivity contribution in [2.24, 2.45) is 4.99 Å². The predicted octanol–water partition coefficient (Wildman–Crippen LogP) is 2.68. The van der Waals surface area contributed by atoms with Crippen molar-refractivity contribution in [3.63, 3.8) is 0 Å². The second kappa shape index (κ2) is 9.87. The molecular formula is C18H29ClN4O. The van der Waals surface area contributed by atoms with E-state index in [1.54, 1.807) is 0 Å². The van der Waals surface area contributed by atoms with Crippen LogP contribution in [-0.4, -0.2) is 56.3 Å². The van der Waals surface area contributed by atoms with Crippen molar-refractivity contribution in [1.82, 2.24) is 15.5 Å². The van der Waals surface area contributed by atoms with E-state index in [-0.39, 0.29) is 6.04 Å². The molecule has 0 amide bonds. The van der Waals surface area contributed by atoms with Gasteiger partial charge in [-0.1, -0.05) is 23.7 Å². The van der Waals surface area contributed by atoms with E-state index in [1.165, 1.54) is 5.56 Å². The third-order valence-corrected chi connectivity index (χ3v) is 4.19. The van der Waals surface area contributed by atoms with Crippen LogP contribution in [0.3, 0.4) is 0 Å². The number of morpholine rings is 1. The molecule has 1 fully saturated rings. The Balaban J connectivity index is 2.16. The Morgan fingerprint density at radius 3 is 2.50 bits per heavy atom. The van der Waals surface area contributed by atoms with Gasteiger partial charge in [-0.3, -0.25) is 9.89 Å². The monoisotopic (exact) mass is 352 g/mol. The molecule has 1 unspecified atom stereocenters. The molecule has 1 saturated heterocycles. The minimum absolute atomic E-state index is 0.230. The molecule has 1 aromatic carbocycles. The van der Waals surface area contributed by atoms with Gasteiger partial charge in [-0.2, -0.15) is 0 Å². The molecule has 1 aliphatic rings. The average molecular weight is 353 g/mol. The van der Waals surface area contributed by atoms with Gasteiger partial charge in [0.05, 0.1) is 25.8 Å². The molecule has 1 aromatic rings. The lowest BCUT2D eigenvalue weighted by Gasteiger charge is -2.34. The fraction of sp³-hybridized carbons (Fsp3) is 0.611. The van der Waals surface area contributed by atoms with Crippen molar-refractivity contribution in [2.45, 2.75) is 32.9 Å². The highest BCUT2D eigenvalue weighted by atomic mass is 35.5. The summed E-state index contributed by atoms with van der Waals surface area (Å²) in [5.41, 5.74) is 1.24. The number of halogens is 1. The van der Waals surface area contributed by atoms with Crippen molar-refractivity contribution < 1.29 is 4.74 Å². The zero-order valence-electron chi connectivity index (χ0n) is 14.9. The normalized spacial score (nSPS) is 17.8. The molecule has 0 bridgehead atoms. The number of benzene rings is 1. The number of ether oxygens (including phenoxy) is 1. The van der Waals surface area contributed by atoms with Crippen molar-refractivity contribution in [3.05, 3.63) is 34.9 Å². The number of nitrogens with zero attached hydrogens (tertiary/aromatic N) is 2. The summed E-state index contributed by atoms with van der Waals surface area (Å²) >= 11 is 6.05. The first kappa shape index (κ1) is 19.0. The standard InChI is InChI=1S/C18H29ClN4O/c1-4-20-18(22-14(2)3)21-13-17(23-9-11-24-12-10-23)15-5-7-16(19)8-6-15/h5-8,14,17H,4,9-13H2,1-3H3,(H2,20,21,22). The third kappa shape index (κ3) is 5.96. The highest BCUT2D eigenvalue weighted by Crippen LogP contribution is 2.24. The summed E-state index contributed by atoms with van der Waals surface area (Å²) in [7, 11) is 0. The van der Waals surface area contributed by atoms with Gasteiger partial charge in [-0.05, 0) is 38.5 Å². The van der Waals surface area contributed by atoms with E-state index in [4.69, 9.17) is 21.3 Å². The van der Waals surface area contributed by atoms with Gasteiger partial charge in [0.1, 0.15) is 0 Å². The van der Waals surface area contributed by atoms with E-state index >= 15 is 0 Å². The van der Waals surface area contributed by atoms with E-state index in [0.717, 1.165) is 43.8 Å². The quantitative estimate of drug-likeness (QED) is 0.610. The van der Waals surface area contributed by atoms with Crippen LogP contribution in [0.15, 0.2) is 29.3 Å². The van der Waals surface area contributed by atoms with Crippen LogP contribution in [0, 0.1) is 0 Å². The van der Waals surface area contributed by atoms with Gasteiger partial charge < -0.3 is 15.4 Å². The summed E-state index contributed by atoms with van der Waals surface area (Å²) in [5, 5.41) is 7.44. The van der Waals surface area contributed by atoms with Crippen LogP contribution < -0.4 is 10.6 Å². The van der Waals surface area contributed by atoms with Gasteiger partial charge in [0, 0.05) is 30.7 Å². The number of aliphatic imine (C=N–C) groups is 1. The van der Waals surface area contributed by atoms with Crippen molar-refractivity contribution in [2.75, 3.05) is 39.4 Å². The molecule has 0 saturated carbocycles. The number of hydrogen-bond acceptors (Lipinski definition) is 3. The number of guanidine groups is 1. The first-order valence-corrected chi connectivity index (χ1v) is 9.10. The van der Waals surface area contributed by atoms with Gasteiger partial charge in [0.15, 0.2) is 5.96 Å². The fourth-order valence-electron chi connectivity index (χ4n) is 2.78. The summed E-state index contributed by atoms with van der Waals surface area (Å²) in [6.45, 7) is 11.3. The van der Waals surface area contributed by atoms with Crippen LogP contribution in [0.25, 0.3) is 0 Å². The Hall–Kier alpha value is -1.30. The molecule has 1 atom stereocenters. The van der Waals surface area contributed by atoms with Crippen LogP contribution in [0.2, 0.25) is 5.02 Å². The topological polar surface area (TPSA) is 48.9 Å². The molecule has 0 aromatic heterocycles. The van der Waals surface area contributed by atoms with Crippen LogP contribution in [0.1, 0.15) is 32.4 Å². The number of hydrogen-bond donors (Lipinski definition) is 2. The molecule has 0 aliphatic carbocycles. The Bertz CT molecular complexity index is 512. The average Bonchev–Trinajstić information content (AvgIpc) is 2.57. The van der Waals surface area contributed by atoms with E-state index in [2.05, 4.69) is 48.4 Å². The number of nitrogens with one attached hydrogen (secondary N) is 2. The molecule has 0 spiro atoms. The smallest absolute Gasteiger partial charge is 0.191 e. The van der Waals surface area contributed by atoms with Gasteiger partial charge in [-0.25, -0.2) is 0 Å². The maximum atomic E-state index is 6.05. The molecule has 2 N–H and O–H groups in total. The second-order valence-corrected chi connectivity index (χ2v) is 6.67. The summed E-state index contributed by atoms with van der Waals surface area (Å²) in [4.78, 5) is 7.25. The Labute approximate surface area is 150 Å². The molecule has 134 valence electrons. The lowest BCUT2D eigenvalue weighted by atomic mass is 10.0. The van der Waals surface area contributed by atoms with Gasteiger partial charge >= 0.3 is 0 Å². The van der Waals surface area contributed by atoms with Gasteiger partial charge in [0.2, 0.25) is 0 Å². The van der Waals surface area contributed by atoms with E-state index in [1.807, 2.05) is 12.1 Å². The molecule has 24 heavy (non-hydrogen) atoms. The van der Waals surface area contributed by atoms with E-state index < -0.39 is 0 Å². The van der Waals surface area contributed by atoms with Crippen molar-refractivity contribution in [1.29, 1.82) is 0 Å². The molecule has 0 radical (unpaired) electrons. The van der Waals surface area contributed by atoms with Gasteiger partial charge in [-0.15, -0.1) is 0 Å². The van der Waals surface area contributed by atoms with Gasteiger partial charge in [0.25, 0.3) is 0 Å². The largest absolute Gasteiger partial charge is 0.379 e. The Morgan fingerprint density at radius 1 is 1.25 bits per heavy atom. The molecular weight excluding hydrogens is 324 g/mol. The van der Waals surface area contributed by atoms with Crippen molar-refractivity contribution >= 4 is 17.6 Å². The first-order valence-electron chi connectivity index (χ1n) is 8.72. The van der Waals surface area contributed by atoms with Crippen molar-refractivity contribution in [3.8, 4) is 0 Å². The van der Waals surface area contributed by atoms with Crippen LogP contribution in [-0.2, 0) is 4.74 Å². The molecule has 6 heteroatoms.